The van der Waals surface area contributed by atoms with Gasteiger partial charge in [0.05, 0.1) is 0 Å². The fourth-order valence-electron chi connectivity index (χ4n) is 2.84. The van der Waals surface area contributed by atoms with E-state index in [9.17, 15) is 0 Å². The first-order valence-electron chi connectivity index (χ1n) is 7.24. The molecule has 0 saturated carbocycles. The predicted molar refractivity (Wildman–Crippen MR) is 77.6 cm³/mol. The number of piperidine rings is 1. The van der Waals surface area contributed by atoms with Gasteiger partial charge in [-0.15, -0.1) is 0 Å². The van der Waals surface area contributed by atoms with Gasteiger partial charge in [0.15, 0.2) is 0 Å². The minimum absolute atomic E-state index is 0.757. The van der Waals surface area contributed by atoms with Gasteiger partial charge in [0, 0.05) is 25.7 Å². The molecule has 0 aliphatic carbocycles. The summed E-state index contributed by atoms with van der Waals surface area (Å²) in [4.78, 5) is 2.62. The molecule has 1 aromatic carbocycles. The van der Waals surface area contributed by atoms with Crippen LogP contribution in [0, 0.1) is 5.92 Å². The van der Waals surface area contributed by atoms with Crippen molar-refractivity contribution in [2.45, 2.75) is 39.3 Å². The topological polar surface area (TPSA) is 15.3 Å². The van der Waals surface area contributed by atoms with Gasteiger partial charge in [-0.05, 0) is 37.8 Å². The Hall–Kier alpha value is -0.860. The molecule has 2 nitrogen and oxygen atoms in total. The Morgan fingerprint density at radius 2 is 2.00 bits per heavy atom. The molecule has 2 rings (SSSR count). The van der Waals surface area contributed by atoms with Crippen LogP contribution in [0.25, 0.3) is 0 Å². The van der Waals surface area contributed by atoms with Crippen LogP contribution < -0.4 is 5.32 Å². The van der Waals surface area contributed by atoms with E-state index in [1.807, 2.05) is 0 Å². The Balaban J connectivity index is 1.64. The first-order valence-corrected chi connectivity index (χ1v) is 7.24. The first kappa shape index (κ1) is 13.6. The van der Waals surface area contributed by atoms with Crippen molar-refractivity contribution in [2.75, 3.05) is 19.6 Å². The zero-order valence-corrected chi connectivity index (χ0v) is 11.7. The summed E-state index contributed by atoms with van der Waals surface area (Å²) in [5.41, 5.74) is 1.37. The lowest BCUT2D eigenvalue weighted by Gasteiger charge is -2.36. The lowest BCUT2D eigenvalue weighted by Crippen LogP contribution is -2.43. The molecule has 100 valence electrons. The second kappa shape index (κ2) is 6.91. The van der Waals surface area contributed by atoms with Gasteiger partial charge in [0.1, 0.15) is 0 Å². The summed E-state index contributed by atoms with van der Waals surface area (Å²) < 4.78 is 0. The zero-order valence-electron chi connectivity index (χ0n) is 11.7. The summed E-state index contributed by atoms with van der Waals surface area (Å²) in [7, 11) is 0. The average molecular weight is 246 g/mol. The second-order valence-electron chi connectivity index (χ2n) is 5.68. The molecule has 2 heteroatoms. The van der Waals surface area contributed by atoms with Gasteiger partial charge in [-0.3, -0.25) is 4.90 Å². The molecule has 0 spiro atoms. The quantitative estimate of drug-likeness (QED) is 0.804. The van der Waals surface area contributed by atoms with E-state index in [1.54, 1.807) is 0 Å². The summed E-state index contributed by atoms with van der Waals surface area (Å²) in [5, 5.41) is 3.54. The van der Waals surface area contributed by atoms with Crippen molar-refractivity contribution in [3.8, 4) is 0 Å². The third-order valence-electron chi connectivity index (χ3n) is 4.02. The number of nitrogens with one attached hydrogen (secondary N) is 1. The van der Waals surface area contributed by atoms with Crippen molar-refractivity contribution in [3.63, 3.8) is 0 Å². The van der Waals surface area contributed by atoms with Gasteiger partial charge >= 0.3 is 0 Å². The van der Waals surface area contributed by atoms with Crippen LogP contribution in [0.3, 0.4) is 0 Å². The van der Waals surface area contributed by atoms with Gasteiger partial charge in [-0.2, -0.15) is 0 Å². The van der Waals surface area contributed by atoms with Crippen LogP contribution >= 0.6 is 0 Å². The second-order valence-corrected chi connectivity index (χ2v) is 5.68. The van der Waals surface area contributed by atoms with E-state index in [-0.39, 0.29) is 0 Å². The monoisotopic (exact) mass is 246 g/mol. The van der Waals surface area contributed by atoms with Gasteiger partial charge < -0.3 is 5.32 Å². The fraction of sp³-hybridized carbons (Fsp3) is 0.625. The van der Waals surface area contributed by atoms with E-state index < -0.39 is 0 Å². The SMILES string of the molecule is CC1CCN(CCNCc2ccccc2)C(C)C1. The molecule has 1 N–H and O–H groups in total. The van der Waals surface area contributed by atoms with E-state index in [0.717, 1.165) is 25.0 Å². The van der Waals surface area contributed by atoms with E-state index >= 15 is 0 Å². The summed E-state index contributed by atoms with van der Waals surface area (Å²) in [6, 6.07) is 11.4. The van der Waals surface area contributed by atoms with Crippen molar-refractivity contribution in [1.29, 1.82) is 0 Å². The molecular formula is C16H26N2. The van der Waals surface area contributed by atoms with E-state index in [2.05, 4.69) is 54.4 Å². The van der Waals surface area contributed by atoms with Crippen molar-refractivity contribution in [2.24, 2.45) is 5.92 Å². The molecule has 1 aromatic rings. The molecule has 1 aliphatic heterocycles. The van der Waals surface area contributed by atoms with Gasteiger partial charge in [0.25, 0.3) is 0 Å². The summed E-state index contributed by atoms with van der Waals surface area (Å²) in [5.74, 6) is 0.911. The highest BCUT2D eigenvalue weighted by molar-refractivity contribution is 5.14. The number of nitrogens with zero attached hydrogens (tertiary/aromatic N) is 1. The van der Waals surface area contributed by atoms with Gasteiger partial charge in [-0.25, -0.2) is 0 Å². The molecule has 0 aromatic heterocycles. The van der Waals surface area contributed by atoms with E-state index in [0.29, 0.717) is 0 Å². The lowest BCUT2D eigenvalue weighted by atomic mass is 9.93. The van der Waals surface area contributed by atoms with Crippen LogP contribution in [0.1, 0.15) is 32.3 Å². The molecule has 2 unspecified atom stereocenters. The largest absolute Gasteiger partial charge is 0.311 e. The fourth-order valence-corrected chi connectivity index (χ4v) is 2.84. The third-order valence-corrected chi connectivity index (χ3v) is 4.02. The lowest BCUT2D eigenvalue weighted by molar-refractivity contribution is 0.130. The highest BCUT2D eigenvalue weighted by atomic mass is 15.2. The molecule has 1 aliphatic rings. The maximum Gasteiger partial charge on any atom is 0.0206 e. The first-order chi connectivity index (χ1) is 8.75. The van der Waals surface area contributed by atoms with E-state index in [4.69, 9.17) is 0 Å². The van der Waals surface area contributed by atoms with Crippen molar-refractivity contribution in [3.05, 3.63) is 35.9 Å². The average Bonchev–Trinajstić information content (AvgIpc) is 2.38. The maximum atomic E-state index is 3.54. The van der Waals surface area contributed by atoms with Crippen LogP contribution in [-0.2, 0) is 6.54 Å². The Morgan fingerprint density at radius 1 is 1.22 bits per heavy atom. The van der Waals surface area contributed by atoms with Crippen LogP contribution in [-0.4, -0.2) is 30.6 Å². The zero-order chi connectivity index (χ0) is 12.8. The van der Waals surface area contributed by atoms with E-state index in [1.165, 1.54) is 31.5 Å². The number of hydrogen-bond acceptors (Lipinski definition) is 2. The number of rotatable bonds is 5. The molecule has 1 saturated heterocycles. The molecule has 18 heavy (non-hydrogen) atoms. The highest BCUT2D eigenvalue weighted by Crippen LogP contribution is 2.21. The van der Waals surface area contributed by atoms with Crippen LogP contribution in [0.15, 0.2) is 30.3 Å². The minimum Gasteiger partial charge on any atom is -0.311 e. The normalized spacial score (nSPS) is 25.2. The highest BCUT2D eigenvalue weighted by Gasteiger charge is 2.21. The summed E-state index contributed by atoms with van der Waals surface area (Å²) in [6.45, 7) is 9.28. The van der Waals surface area contributed by atoms with Crippen molar-refractivity contribution < 1.29 is 0 Å². The number of benzene rings is 1. The molecule has 1 heterocycles. The molecule has 0 amide bonds. The molecule has 0 radical (unpaired) electrons. The molecule has 2 atom stereocenters. The summed E-state index contributed by atoms with van der Waals surface area (Å²) >= 11 is 0. The smallest absolute Gasteiger partial charge is 0.0206 e. The van der Waals surface area contributed by atoms with Gasteiger partial charge in [0.2, 0.25) is 0 Å². The summed E-state index contributed by atoms with van der Waals surface area (Å²) in [6.07, 6.45) is 2.72. The van der Waals surface area contributed by atoms with Crippen LogP contribution in [0.4, 0.5) is 0 Å². The maximum absolute atomic E-state index is 3.54. The molecule has 0 bridgehead atoms. The van der Waals surface area contributed by atoms with Crippen molar-refractivity contribution >= 4 is 0 Å². The Kier molecular flexibility index (Phi) is 5.21. The van der Waals surface area contributed by atoms with Crippen LogP contribution in [0.2, 0.25) is 0 Å². The number of likely N-dealkylation sites (tertiary alicyclic amines) is 1. The Bertz CT molecular complexity index is 336. The van der Waals surface area contributed by atoms with Crippen LogP contribution in [0.5, 0.6) is 0 Å². The minimum atomic E-state index is 0.757. The third kappa shape index (κ3) is 4.11. The Morgan fingerprint density at radius 3 is 2.72 bits per heavy atom. The Labute approximate surface area is 111 Å². The molecule has 1 fully saturated rings. The molecular weight excluding hydrogens is 220 g/mol. The predicted octanol–water partition coefficient (Wildman–Crippen LogP) is 2.90. The standard InChI is InChI=1S/C16H26N2/c1-14-8-10-18(15(2)12-14)11-9-17-13-16-6-4-3-5-7-16/h3-7,14-15,17H,8-13H2,1-2H3. The van der Waals surface area contributed by atoms with Gasteiger partial charge in [-0.1, -0.05) is 37.3 Å². The van der Waals surface area contributed by atoms with Crippen molar-refractivity contribution in [1.82, 2.24) is 10.2 Å². The number of hydrogen-bond donors (Lipinski definition) is 1.